The van der Waals surface area contributed by atoms with Crippen LogP contribution in [0.2, 0.25) is 5.02 Å². The molecule has 28 heavy (non-hydrogen) atoms. The highest BCUT2D eigenvalue weighted by Gasteiger charge is 2.24. The molecule has 1 amide bonds. The number of hydrogen-bond acceptors (Lipinski definition) is 5. The monoisotopic (exact) mass is 396 g/mol. The summed E-state index contributed by atoms with van der Waals surface area (Å²) in [4.78, 5) is 31.6. The van der Waals surface area contributed by atoms with E-state index in [1.165, 1.54) is 6.07 Å². The lowest BCUT2D eigenvalue weighted by molar-refractivity contribution is -0.384. The van der Waals surface area contributed by atoms with Crippen LogP contribution in [0, 0.1) is 10.1 Å². The van der Waals surface area contributed by atoms with Gasteiger partial charge >= 0.3 is 0 Å². The molecule has 4 rings (SSSR count). The second-order valence-electron chi connectivity index (χ2n) is 6.55. The van der Waals surface area contributed by atoms with E-state index in [0.29, 0.717) is 31.7 Å². The Hall–Kier alpha value is -3.19. The van der Waals surface area contributed by atoms with Gasteiger partial charge in [0.2, 0.25) is 0 Å². The fourth-order valence-corrected chi connectivity index (χ4v) is 3.70. The summed E-state index contributed by atoms with van der Waals surface area (Å²) in [5, 5.41) is 11.9. The number of rotatable bonds is 3. The van der Waals surface area contributed by atoms with E-state index in [4.69, 9.17) is 11.6 Å². The Morgan fingerprint density at radius 2 is 1.82 bits per heavy atom. The first-order valence-corrected chi connectivity index (χ1v) is 9.24. The molecule has 0 saturated carbocycles. The molecule has 7 nitrogen and oxygen atoms in total. The summed E-state index contributed by atoms with van der Waals surface area (Å²) in [7, 11) is 0. The first kappa shape index (κ1) is 18.2. The van der Waals surface area contributed by atoms with Crippen LogP contribution in [-0.4, -0.2) is 46.9 Å². The summed E-state index contributed by atoms with van der Waals surface area (Å²) in [6.45, 7) is 2.37. The number of benzene rings is 2. The molecule has 1 aromatic heterocycles. The van der Waals surface area contributed by atoms with Gasteiger partial charge in [-0.3, -0.25) is 19.9 Å². The summed E-state index contributed by atoms with van der Waals surface area (Å²) in [6, 6.07) is 14.1. The predicted octanol–water partition coefficient (Wildman–Crippen LogP) is 3.76. The van der Waals surface area contributed by atoms with Crippen LogP contribution in [0.4, 0.5) is 11.4 Å². The molecular formula is C20H17ClN4O3. The van der Waals surface area contributed by atoms with E-state index in [-0.39, 0.29) is 16.6 Å². The van der Waals surface area contributed by atoms with Crippen molar-refractivity contribution in [2.45, 2.75) is 0 Å². The van der Waals surface area contributed by atoms with Gasteiger partial charge in [0.15, 0.2) is 0 Å². The fraction of sp³-hybridized carbons (Fsp3) is 0.200. The molecule has 0 unspecified atom stereocenters. The Kier molecular flexibility index (Phi) is 4.83. The summed E-state index contributed by atoms with van der Waals surface area (Å²) in [5.41, 5.74) is 2.16. The second-order valence-corrected chi connectivity index (χ2v) is 6.95. The number of hydrogen-bond donors (Lipinski definition) is 0. The SMILES string of the molecule is O=C(c1ccnc2ccccc12)N1CCN(c2ccc([N+](=O)[O-])c(Cl)c2)CC1. The molecule has 0 atom stereocenters. The lowest BCUT2D eigenvalue weighted by Crippen LogP contribution is -2.48. The zero-order valence-electron chi connectivity index (χ0n) is 14.9. The molecule has 2 heterocycles. The molecule has 0 N–H and O–H groups in total. The molecule has 8 heteroatoms. The van der Waals surface area contributed by atoms with Crippen molar-refractivity contribution in [3.8, 4) is 0 Å². The number of nitrogens with zero attached hydrogens (tertiary/aromatic N) is 4. The number of anilines is 1. The largest absolute Gasteiger partial charge is 0.368 e. The number of carbonyl (C=O) groups excluding carboxylic acids is 1. The minimum atomic E-state index is -0.498. The topological polar surface area (TPSA) is 79.6 Å². The minimum absolute atomic E-state index is 0.0139. The number of carbonyl (C=O) groups is 1. The quantitative estimate of drug-likeness (QED) is 0.497. The second kappa shape index (κ2) is 7.44. The van der Waals surface area contributed by atoms with Crippen LogP contribution in [0.3, 0.4) is 0 Å². The van der Waals surface area contributed by atoms with E-state index in [2.05, 4.69) is 9.88 Å². The van der Waals surface area contributed by atoms with Gasteiger partial charge in [0.05, 0.1) is 16.0 Å². The maximum absolute atomic E-state index is 13.0. The number of aromatic nitrogens is 1. The van der Waals surface area contributed by atoms with Gasteiger partial charge in [0.1, 0.15) is 5.02 Å². The van der Waals surface area contributed by atoms with E-state index in [1.807, 2.05) is 29.2 Å². The maximum Gasteiger partial charge on any atom is 0.288 e. The Balaban J connectivity index is 1.49. The molecule has 1 saturated heterocycles. The Labute approximate surface area is 166 Å². The van der Waals surface area contributed by atoms with E-state index in [0.717, 1.165) is 16.6 Å². The lowest BCUT2D eigenvalue weighted by atomic mass is 10.1. The normalized spacial score (nSPS) is 14.3. The Morgan fingerprint density at radius 3 is 2.54 bits per heavy atom. The van der Waals surface area contributed by atoms with Crippen molar-refractivity contribution in [1.29, 1.82) is 0 Å². The van der Waals surface area contributed by atoms with E-state index >= 15 is 0 Å². The van der Waals surface area contributed by atoms with Gasteiger partial charge in [-0.15, -0.1) is 0 Å². The van der Waals surface area contributed by atoms with Crippen LogP contribution >= 0.6 is 11.6 Å². The summed E-state index contributed by atoms with van der Waals surface area (Å²) in [6.07, 6.45) is 1.66. The zero-order valence-corrected chi connectivity index (χ0v) is 15.7. The summed E-state index contributed by atoms with van der Waals surface area (Å²) < 4.78 is 0. The van der Waals surface area contributed by atoms with Crippen molar-refractivity contribution in [2.24, 2.45) is 0 Å². The van der Waals surface area contributed by atoms with Gasteiger partial charge < -0.3 is 9.80 Å². The molecule has 1 fully saturated rings. The van der Waals surface area contributed by atoms with Crippen molar-refractivity contribution >= 4 is 39.8 Å². The number of piperazine rings is 1. The highest BCUT2D eigenvalue weighted by Crippen LogP contribution is 2.29. The number of para-hydroxylation sites is 1. The van der Waals surface area contributed by atoms with Crippen LogP contribution < -0.4 is 4.90 Å². The first-order chi connectivity index (χ1) is 13.5. The number of nitro benzene ring substituents is 1. The minimum Gasteiger partial charge on any atom is -0.368 e. The number of amides is 1. The van der Waals surface area contributed by atoms with Crippen LogP contribution in [0.5, 0.6) is 0 Å². The van der Waals surface area contributed by atoms with Gasteiger partial charge in [0, 0.05) is 49.5 Å². The van der Waals surface area contributed by atoms with Gasteiger partial charge in [-0.1, -0.05) is 29.8 Å². The average Bonchev–Trinajstić information content (AvgIpc) is 2.72. The van der Waals surface area contributed by atoms with Gasteiger partial charge in [-0.25, -0.2) is 0 Å². The molecule has 1 aliphatic heterocycles. The molecule has 0 aliphatic carbocycles. The van der Waals surface area contributed by atoms with E-state index < -0.39 is 4.92 Å². The summed E-state index contributed by atoms with van der Waals surface area (Å²) >= 11 is 6.02. The van der Waals surface area contributed by atoms with Crippen molar-refractivity contribution in [3.05, 3.63) is 75.4 Å². The number of nitro groups is 1. The van der Waals surface area contributed by atoms with Crippen molar-refractivity contribution in [2.75, 3.05) is 31.1 Å². The fourth-order valence-electron chi connectivity index (χ4n) is 3.46. The van der Waals surface area contributed by atoms with Crippen LogP contribution in [0.15, 0.2) is 54.7 Å². The summed E-state index contributed by atoms with van der Waals surface area (Å²) in [5.74, 6) is -0.0139. The molecule has 1 aliphatic rings. The molecular weight excluding hydrogens is 380 g/mol. The molecule has 0 bridgehead atoms. The first-order valence-electron chi connectivity index (χ1n) is 8.86. The third-order valence-electron chi connectivity index (χ3n) is 4.94. The Morgan fingerprint density at radius 1 is 1.07 bits per heavy atom. The zero-order chi connectivity index (χ0) is 19.7. The number of pyridine rings is 1. The standard InChI is InChI=1S/C20H17ClN4O3/c21-17-13-14(5-6-19(17)25(27)28)23-9-11-24(12-10-23)20(26)16-7-8-22-18-4-2-1-3-15(16)18/h1-8,13H,9-12H2. The molecule has 2 aromatic carbocycles. The average molecular weight is 397 g/mol. The highest BCUT2D eigenvalue weighted by molar-refractivity contribution is 6.32. The van der Waals surface area contributed by atoms with Gasteiger partial charge in [0.25, 0.3) is 11.6 Å². The van der Waals surface area contributed by atoms with Gasteiger partial charge in [-0.05, 0) is 24.3 Å². The van der Waals surface area contributed by atoms with Crippen molar-refractivity contribution in [3.63, 3.8) is 0 Å². The van der Waals surface area contributed by atoms with Crippen LogP contribution in [-0.2, 0) is 0 Å². The van der Waals surface area contributed by atoms with Crippen molar-refractivity contribution in [1.82, 2.24) is 9.88 Å². The Bertz CT molecular complexity index is 1060. The molecule has 3 aromatic rings. The van der Waals surface area contributed by atoms with Crippen LogP contribution in [0.25, 0.3) is 10.9 Å². The highest BCUT2D eigenvalue weighted by atomic mass is 35.5. The number of halogens is 1. The van der Waals surface area contributed by atoms with E-state index in [9.17, 15) is 14.9 Å². The predicted molar refractivity (Wildman–Crippen MR) is 108 cm³/mol. The molecule has 0 spiro atoms. The number of fused-ring (bicyclic) bond motifs is 1. The van der Waals surface area contributed by atoms with Gasteiger partial charge in [-0.2, -0.15) is 0 Å². The van der Waals surface area contributed by atoms with Crippen molar-refractivity contribution < 1.29 is 9.72 Å². The third kappa shape index (κ3) is 3.36. The third-order valence-corrected chi connectivity index (χ3v) is 5.24. The molecule has 0 radical (unpaired) electrons. The van der Waals surface area contributed by atoms with E-state index in [1.54, 1.807) is 24.4 Å². The maximum atomic E-state index is 13.0. The lowest BCUT2D eigenvalue weighted by Gasteiger charge is -2.36. The van der Waals surface area contributed by atoms with Crippen LogP contribution in [0.1, 0.15) is 10.4 Å². The molecule has 142 valence electrons. The smallest absolute Gasteiger partial charge is 0.288 e.